The molecule has 1 heterocycles. The van der Waals surface area contributed by atoms with Gasteiger partial charge in [0.1, 0.15) is 5.76 Å². The van der Waals surface area contributed by atoms with E-state index in [1.807, 2.05) is 42.5 Å². The summed E-state index contributed by atoms with van der Waals surface area (Å²) >= 11 is 6.72. The van der Waals surface area contributed by atoms with Crippen LogP contribution in [0.2, 0.25) is 5.02 Å². The Kier molecular flexibility index (Phi) is 5.54. The number of halogens is 4. The van der Waals surface area contributed by atoms with Gasteiger partial charge in [0.05, 0.1) is 16.1 Å². The lowest BCUT2D eigenvalue weighted by Crippen LogP contribution is -2.57. The zero-order valence-corrected chi connectivity index (χ0v) is 18.4. The fourth-order valence-corrected chi connectivity index (χ4v) is 5.20. The standard InChI is InChI=1S/C24H23ClF3NO3/c1-14-8-9-16(15-6-4-3-5-7-15)19(25)17(14)18-20(30)22(29-21(18)31)10-12-23(32-2,13-11-22)24(26,27)28/h3-9,30H,10-13H2,1-2H3,(H,29,31). The predicted molar refractivity (Wildman–Crippen MR) is 116 cm³/mol. The summed E-state index contributed by atoms with van der Waals surface area (Å²) in [5.41, 5.74) is -0.923. The SMILES string of the molecule is COC1(C(F)(F)F)CCC2(CC1)NC(=O)C(c1c(C)ccc(-c3ccccc3)c1Cl)=C2O. The van der Waals surface area contributed by atoms with Crippen molar-refractivity contribution in [2.24, 2.45) is 0 Å². The molecule has 1 amide bonds. The monoisotopic (exact) mass is 465 g/mol. The number of benzene rings is 2. The highest BCUT2D eigenvalue weighted by atomic mass is 35.5. The Morgan fingerprint density at radius 2 is 1.69 bits per heavy atom. The minimum Gasteiger partial charge on any atom is -0.509 e. The number of hydrogen-bond donors (Lipinski definition) is 2. The molecule has 0 saturated heterocycles. The summed E-state index contributed by atoms with van der Waals surface area (Å²) in [6.45, 7) is 1.77. The molecule has 1 aliphatic carbocycles. The molecule has 2 N–H and O–H groups in total. The predicted octanol–water partition coefficient (Wildman–Crippen LogP) is 5.97. The quantitative estimate of drug-likeness (QED) is 0.586. The number of nitrogens with one attached hydrogen (secondary N) is 1. The molecule has 1 fully saturated rings. The summed E-state index contributed by atoms with van der Waals surface area (Å²) in [7, 11) is 1.04. The van der Waals surface area contributed by atoms with Gasteiger partial charge in [0.25, 0.3) is 5.91 Å². The van der Waals surface area contributed by atoms with Crippen molar-refractivity contribution in [2.75, 3.05) is 7.11 Å². The van der Waals surface area contributed by atoms with E-state index in [2.05, 4.69) is 5.32 Å². The lowest BCUT2D eigenvalue weighted by Gasteiger charge is -2.44. The lowest BCUT2D eigenvalue weighted by atomic mass is 9.72. The molecule has 2 aromatic carbocycles. The Hall–Kier alpha value is -2.51. The Morgan fingerprint density at radius 1 is 1.06 bits per heavy atom. The first-order valence-corrected chi connectivity index (χ1v) is 10.7. The molecule has 8 heteroatoms. The number of rotatable bonds is 3. The van der Waals surface area contributed by atoms with E-state index >= 15 is 0 Å². The van der Waals surface area contributed by atoms with Crippen molar-refractivity contribution >= 4 is 23.1 Å². The molecule has 1 aliphatic heterocycles. The van der Waals surface area contributed by atoms with Gasteiger partial charge in [-0.1, -0.05) is 54.1 Å². The highest BCUT2D eigenvalue weighted by molar-refractivity contribution is 6.38. The molecular weight excluding hydrogens is 443 g/mol. The molecule has 2 aliphatic rings. The Bertz CT molecular complexity index is 1090. The average Bonchev–Trinajstić information content (AvgIpc) is 2.99. The fourth-order valence-electron chi connectivity index (χ4n) is 4.78. The summed E-state index contributed by atoms with van der Waals surface area (Å²) in [5, 5.41) is 14.2. The maximum absolute atomic E-state index is 13.6. The Labute approximate surface area is 189 Å². The molecule has 0 radical (unpaired) electrons. The molecule has 0 atom stereocenters. The second-order valence-corrected chi connectivity index (χ2v) is 8.82. The van der Waals surface area contributed by atoms with Crippen molar-refractivity contribution in [3.8, 4) is 11.1 Å². The number of aryl methyl sites for hydroxylation is 1. The number of aliphatic hydroxyl groups excluding tert-OH is 1. The molecule has 1 spiro atoms. The normalized spacial score (nSPS) is 26.0. The van der Waals surface area contributed by atoms with E-state index < -0.39 is 23.2 Å². The van der Waals surface area contributed by atoms with E-state index in [1.165, 1.54) is 0 Å². The topological polar surface area (TPSA) is 58.6 Å². The number of carbonyl (C=O) groups excluding carboxylic acids is 1. The third kappa shape index (κ3) is 3.39. The molecule has 0 aromatic heterocycles. The molecule has 0 bridgehead atoms. The van der Waals surface area contributed by atoms with Crippen molar-refractivity contribution in [1.29, 1.82) is 0 Å². The first-order valence-electron chi connectivity index (χ1n) is 10.3. The Balaban J connectivity index is 1.77. The van der Waals surface area contributed by atoms with Crippen molar-refractivity contribution in [3.05, 3.63) is 64.4 Å². The van der Waals surface area contributed by atoms with Gasteiger partial charge in [0.2, 0.25) is 0 Å². The fraction of sp³-hybridized carbons (Fsp3) is 0.375. The molecule has 0 unspecified atom stereocenters. The zero-order chi connectivity index (χ0) is 23.3. The van der Waals surface area contributed by atoms with E-state index in [0.717, 1.165) is 12.7 Å². The van der Waals surface area contributed by atoms with Crippen LogP contribution in [0.4, 0.5) is 13.2 Å². The van der Waals surface area contributed by atoms with E-state index in [1.54, 1.807) is 6.92 Å². The summed E-state index contributed by atoms with van der Waals surface area (Å²) in [5.74, 6) is -0.806. The maximum Gasteiger partial charge on any atom is 0.417 e. The Morgan fingerprint density at radius 3 is 2.25 bits per heavy atom. The van der Waals surface area contributed by atoms with Gasteiger partial charge in [-0.05, 0) is 43.7 Å². The van der Waals surface area contributed by atoms with E-state index in [4.69, 9.17) is 16.3 Å². The second-order valence-electron chi connectivity index (χ2n) is 8.44. The number of hydrogen-bond acceptors (Lipinski definition) is 3. The van der Waals surface area contributed by atoms with Crippen LogP contribution < -0.4 is 5.32 Å². The van der Waals surface area contributed by atoms with Crippen molar-refractivity contribution < 1.29 is 27.8 Å². The summed E-state index contributed by atoms with van der Waals surface area (Å²) in [6, 6.07) is 13.0. The van der Waals surface area contributed by atoms with E-state index in [-0.39, 0.29) is 37.0 Å². The number of ether oxygens (including phenoxy) is 1. The smallest absolute Gasteiger partial charge is 0.417 e. The van der Waals surface area contributed by atoms with Crippen LogP contribution in [0.1, 0.15) is 36.8 Å². The number of alkyl halides is 3. The van der Waals surface area contributed by atoms with Gasteiger partial charge < -0.3 is 15.2 Å². The van der Waals surface area contributed by atoms with Gasteiger partial charge in [-0.2, -0.15) is 13.2 Å². The number of aliphatic hydroxyl groups is 1. The number of amides is 1. The van der Waals surface area contributed by atoms with Gasteiger partial charge >= 0.3 is 6.18 Å². The molecule has 32 heavy (non-hydrogen) atoms. The molecule has 2 aromatic rings. The summed E-state index contributed by atoms with van der Waals surface area (Å²) in [4.78, 5) is 13.0. The first kappa shape index (κ1) is 22.7. The van der Waals surface area contributed by atoms with E-state index in [9.17, 15) is 23.1 Å². The van der Waals surface area contributed by atoms with Gasteiger partial charge in [-0.3, -0.25) is 4.79 Å². The van der Waals surface area contributed by atoms with Gasteiger partial charge in [-0.25, -0.2) is 0 Å². The van der Waals surface area contributed by atoms with E-state index in [0.29, 0.717) is 21.7 Å². The number of methoxy groups -OCH3 is 1. The van der Waals surface area contributed by atoms with Crippen LogP contribution in [0.15, 0.2) is 48.2 Å². The third-order valence-electron chi connectivity index (χ3n) is 6.77. The lowest BCUT2D eigenvalue weighted by molar-refractivity contribution is -0.282. The van der Waals surface area contributed by atoms with Crippen molar-refractivity contribution in [1.82, 2.24) is 5.32 Å². The summed E-state index contributed by atoms with van der Waals surface area (Å²) in [6.07, 6.45) is -5.49. The third-order valence-corrected chi connectivity index (χ3v) is 7.17. The minimum absolute atomic E-state index is 0.0159. The van der Waals surface area contributed by atoms with Crippen LogP contribution in [-0.2, 0) is 9.53 Å². The zero-order valence-electron chi connectivity index (χ0n) is 17.6. The highest BCUT2D eigenvalue weighted by Crippen LogP contribution is 2.51. The summed E-state index contributed by atoms with van der Waals surface area (Å²) < 4.78 is 45.7. The van der Waals surface area contributed by atoms with Gasteiger partial charge in [-0.15, -0.1) is 0 Å². The largest absolute Gasteiger partial charge is 0.509 e. The van der Waals surface area contributed by atoms with Gasteiger partial charge in [0.15, 0.2) is 5.60 Å². The van der Waals surface area contributed by atoms with Crippen LogP contribution in [-0.4, -0.2) is 35.4 Å². The maximum atomic E-state index is 13.6. The van der Waals surface area contributed by atoms with Crippen LogP contribution >= 0.6 is 11.6 Å². The second kappa shape index (κ2) is 7.81. The molecular formula is C24H23ClF3NO3. The van der Waals surface area contributed by atoms with Crippen molar-refractivity contribution in [2.45, 2.75) is 49.9 Å². The molecule has 1 saturated carbocycles. The van der Waals surface area contributed by atoms with Crippen LogP contribution in [0, 0.1) is 6.92 Å². The number of carbonyl (C=O) groups is 1. The molecule has 4 nitrogen and oxygen atoms in total. The first-order chi connectivity index (χ1) is 15.1. The van der Waals surface area contributed by atoms with Crippen molar-refractivity contribution in [3.63, 3.8) is 0 Å². The van der Waals surface area contributed by atoms with Gasteiger partial charge in [0, 0.05) is 18.2 Å². The van der Waals surface area contributed by atoms with Crippen LogP contribution in [0.3, 0.4) is 0 Å². The molecule has 170 valence electrons. The minimum atomic E-state index is -4.54. The van der Waals surface area contributed by atoms with Crippen LogP contribution in [0.25, 0.3) is 16.7 Å². The molecule has 4 rings (SSSR count). The highest BCUT2D eigenvalue weighted by Gasteiger charge is 2.61. The average molecular weight is 466 g/mol. The van der Waals surface area contributed by atoms with Crippen LogP contribution in [0.5, 0.6) is 0 Å².